The predicted octanol–water partition coefficient (Wildman–Crippen LogP) is 13.2. The predicted molar refractivity (Wildman–Crippen MR) is 410 cm³/mol. The number of likely N-dealkylation sites (tertiary alicyclic amines) is 3. The fourth-order valence-corrected chi connectivity index (χ4v) is 16.7. The largest absolute Gasteiger partial charge is 0.481 e. The van der Waals surface area contributed by atoms with Crippen LogP contribution in [0.4, 0.5) is 39.5 Å². The lowest BCUT2D eigenvalue weighted by Crippen LogP contribution is -2.42. The minimum absolute atomic E-state index is 0.00753. The van der Waals surface area contributed by atoms with Crippen LogP contribution in [0.5, 0.6) is 0 Å². The molecule has 12 rings (SSSR count). The van der Waals surface area contributed by atoms with Gasteiger partial charge in [-0.15, -0.1) is 22.7 Å². The van der Waals surface area contributed by atoms with Crippen molar-refractivity contribution < 1.29 is 97.8 Å². The highest BCUT2D eigenvalue weighted by atomic mass is 79.9. The van der Waals surface area contributed by atoms with Crippen molar-refractivity contribution >= 4 is 119 Å². The summed E-state index contributed by atoms with van der Waals surface area (Å²) in [6, 6.07) is 6.54. The number of rotatable bonds is 27. The number of aromatic nitrogens is 4. The number of aliphatic carboxylic acids is 3. The van der Waals surface area contributed by atoms with Gasteiger partial charge in [0.2, 0.25) is 0 Å². The molecular formula is C75H79Br2ClF9N13O12S2. The highest BCUT2D eigenvalue weighted by Gasteiger charge is 2.50. The van der Waals surface area contributed by atoms with E-state index in [0.29, 0.717) is 47.3 Å². The van der Waals surface area contributed by atoms with Gasteiger partial charge in [-0.3, -0.25) is 44.1 Å². The van der Waals surface area contributed by atoms with Crippen LogP contribution in [-0.4, -0.2) is 198 Å². The van der Waals surface area contributed by atoms with Crippen LogP contribution in [-0.2, 0) is 50.0 Å². The Morgan fingerprint density at radius 2 is 0.921 bits per heavy atom. The van der Waals surface area contributed by atoms with Crippen molar-refractivity contribution in [2.24, 2.45) is 33.9 Å². The molecule has 0 spiro atoms. The van der Waals surface area contributed by atoms with E-state index >= 15 is 0 Å². The van der Waals surface area contributed by atoms with Gasteiger partial charge in [-0.05, 0) is 87.6 Å². The third-order valence-electron chi connectivity index (χ3n) is 19.3. The van der Waals surface area contributed by atoms with Gasteiger partial charge in [-0.25, -0.2) is 68.8 Å². The number of hydrogen-bond acceptors (Lipinski definition) is 23. The summed E-state index contributed by atoms with van der Waals surface area (Å²) in [7, 11) is 1.75. The number of carboxylic acid groups (broad SMARTS) is 3. The Morgan fingerprint density at radius 1 is 0.553 bits per heavy atom. The molecule has 6 N–H and O–H groups in total. The second kappa shape index (κ2) is 37.8. The van der Waals surface area contributed by atoms with Gasteiger partial charge in [0.1, 0.15) is 35.6 Å². The number of nitrogens with zero attached hydrogens (tertiary/aromatic N) is 10. The van der Waals surface area contributed by atoms with Gasteiger partial charge in [0, 0.05) is 143 Å². The number of aliphatic imine (C=N–C) groups is 3. The Kier molecular flexibility index (Phi) is 29.0. The Morgan fingerprint density at radius 3 is 1.27 bits per heavy atom. The molecule has 0 radical (unpaired) electrons. The summed E-state index contributed by atoms with van der Waals surface area (Å²) in [5, 5.41) is 41.6. The molecule has 612 valence electrons. The quantitative estimate of drug-likeness (QED) is 0.0158. The van der Waals surface area contributed by atoms with Crippen molar-refractivity contribution in [3.05, 3.63) is 188 Å². The molecule has 25 nitrogen and oxygen atoms in total. The van der Waals surface area contributed by atoms with E-state index in [2.05, 4.69) is 67.8 Å². The van der Waals surface area contributed by atoms with Crippen LogP contribution in [0, 0.1) is 29.3 Å². The summed E-state index contributed by atoms with van der Waals surface area (Å²) in [5.41, 5.74) is 2.31. The second-order valence-corrected chi connectivity index (χ2v) is 31.5. The van der Waals surface area contributed by atoms with Crippen molar-refractivity contribution in [3.8, 4) is 0 Å². The molecule has 3 saturated heterocycles. The maximum absolute atomic E-state index is 14.6. The number of ether oxygens (including phenoxy) is 3. The zero-order chi connectivity index (χ0) is 82.8. The van der Waals surface area contributed by atoms with Gasteiger partial charge in [0.05, 0.1) is 68.0 Å². The van der Waals surface area contributed by atoms with E-state index in [0.717, 1.165) is 6.07 Å². The Hall–Kier alpha value is -8.92. The molecule has 9 heterocycles. The fourth-order valence-electron chi connectivity index (χ4n) is 14.1. The first-order valence-corrected chi connectivity index (χ1v) is 39.6. The van der Waals surface area contributed by atoms with E-state index in [1.54, 1.807) is 67.9 Å². The van der Waals surface area contributed by atoms with E-state index in [4.69, 9.17) is 40.9 Å². The SMILES string of the molecule is CCOC(=O)C1=C(CN2CC(F)(F)C[C@@H]2CC(C)C(=O)O)NC(c2nccs2)=N[C@H]1c1ccc(F)cc1Br.CCOC(=O)C1=C(CN2CC(F)(F)C[C@@H]2CC(C)C(=O)O)NC(c2nccs2)=N[C@H]1c1ccc(F)cc1Cl.CCOC(=O)C1=C(CN2CC(F)(F)C[C@H]2CCC(=O)O)NC(c2nccn2C)=N[C@H]1c1ccc(F)cc1Br. The average Bonchev–Trinajstić information content (AvgIpc) is 1.39. The molecule has 2 unspecified atom stereocenters. The van der Waals surface area contributed by atoms with Gasteiger partial charge < -0.3 is 50.0 Å². The fraction of sp³-hybridized carbons (Fsp3) is 0.440. The summed E-state index contributed by atoms with van der Waals surface area (Å²) in [5.74, 6) is -16.3. The maximum atomic E-state index is 14.6. The number of nitrogens with one attached hydrogen (secondary N) is 3. The number of carbonyl (C=O) groups is 6. The number of thiazole rings is 2. The molecule has 6 aliphatic rings. The lowest BCUT2D eigenvalue weighted by molar-refractivity contribution is -0.142. The number of carbonyl (C=O) groups excluding carboxylic acids is 3. The summed E-state index contributed by atoms with van der Waals surface area (Å²) in [4.78, 5) is 105. The molecular weight excluding hydrogens is 1710 g/mol. The summed E-state index contributed by atoms with van der Waals surface area (Å²) >= 11 is 15.7. The summed E-state index contributed by atoms with van der Waals surface area (Å²) in [6.07, 6.45) is 4.72. The molecule has 8 atom stereocenters. The molecule has 39 heteroatoms. The third-order valence-corrected chi connectivity index (χ3v) is 22.5. The molecule has 0 saturated carbocycles. The second-order valence-electron chi connectivity index (χ2n) is 27.6. The first kappa shape index (κ1) is 87.5. The normalized spacial score (nSPS) is 21.8. The maximum Gasteiger partial charge on any atom is 0.338 e. The Bertz CT molecular complexity index is 4570. The lowest BCUT2D eigenvalue weighted by atomic mass is 9.94. The van der Waals surface area contributed by atoms with Gasteiger partial charge in [0.25, 0.3) is 17.8 Å². The van der Waals surface area contributed by atoms with Crippen LogP contribution in [0.25, 0.3) is 0 Å². The van der Waals surface area contributed by atoms with Crippen molar-refractivity contribution in [1.29, 1.82) is 0 Å². The summed E-state index contributed by atoms with van der Waals surface area (Å²) in [6.45, 7) is 5.86. The van der Waals surface area contributed by atoms with Crippen LogP contribution in [0.1, 0.15) is 130 Å². The molecule has 6 aromatic rings. The number of esters is 3. The number of imidazole rings is 1. The van der Waals surface area contributed by atoms with Crippen LogP contribution in [0.3, 0.4) is 0 Å². The van der Waals surface area contributed by atoms with Gasteiger partial charge in [0.15, 0.2) is 33.3 Å². The molecule has 114 heavy (non-hydrogen) atoms. The van der Waals surface area contributed by atoms with Crippen LogP contribution in [0.2, 0.25) is 5.02 Å². The van der Waals surface area contributed by atoms with Gasteiger partial charge in [-0.2, -0.15) is 0 Å². The molecule has 6 aliphatic heterocycles. The monoisotopic (exact) mass is 1780 g/mol. The highest BCUT2D eigenvalue weighted by Crippen LogP contribution is 2.45. The zero-order valence-corrected chi connectivity index (χ0v) is 67.5. The first-order valence-electron chi connectivity index (χ1n) is 35.9. The molecule has 0 bridgehead atoms. The smallest absolute Gasteiger partial charge is 0.338 e. The van der Waals surface area contributed by atoms with Gasteiger partial charge in [-0.1, -0.05) is 75.5 Å². The molecule has 3 fully saturated rings. The van der Waals surface area contributed by atoms with E-state index in [9.17, 15) is 78.5 Å². The first-order chi connectivity index (χ1) is 54.0. The molecule has 3 aromatic heterocycles. The average molecular weight is 1780 g/mol. The third kappa shape index (κ3) is 21.8. The standard InChI is InChI=1S/C25H27BrF3N5O4.C25H26BrF3N4O4S.C25H26ClF3N4O4S/c1-3-38-24(37)20-18(12-34-13-25(28,29)11-15(34)5-7-19(35)36)31-22(23-30-8-9-33(23)2)32-21(20)16-6-4-14(27)10-17(16)26;2*1-3-37-24(36)19-18(11-33-12-25(28,29)10-15(33)8-13(2)23(34)35)31-21(22-30-6-7-38-22)32-20(19)16-5-4-14(27)9-17(16)26/h4,6,8-10,15,21H,3,5,7,11-13H2,1-2H3,(H,31,32)(H,35,36);2*4-7,9,13,15,20H,3,8,10-12H2,1-2H3,(H,31,32)(H,34,35)/t15-,21+;2*13?,15-,20-/m100/s1. The molecule has 3 aromatic carbocycles. The Labute approximate surface area is 677 Å². The van der Waals surface area contributed by atoms with E-state index in [1.165, 1.54) is 99.8 Å². The van der Waals surface area contributed by atoms with Crippen LogP contribution < -0.4 is 16.0 Å². The van der Waals surface area contributed by atoms with Crippen molar-refractivity contribution in [2.75, 3.05) is 59.1 Å². The number of amidine groups is 3. The number of halogens is 12. The van der Waals surface area contributed by atoms with E-state index in [-0.39, 0.29) is 116 Å². The molecule has 0 amide bonds. The van der Waals surface area contributed by atoms with Crippen LogP contribution in [0.15, 0.2) is 148 Å². The van der Waals surface area contributed by atoms with Gasteiger partial charge >= 0.3 is 35.8 Å². The number of hydrogen-bond donors (Lipinski definition) is 6. The number of benzene rings is 3. The number of alkyl halides is 6. The van der Waals surface area contributed by atoms with E-state index < -0.39 is 158 Å². The lowest BCUT2D eigenvalue weighted by Gasteiger charge is -2.32. The minimum Gasteiger partial charge on any atom is -0.481 e. The summed E-state index contributed by atoms with van der Waals surface area (Å²) < 4.78 is 147. The van der Waals surface area contributed by atoms with Crippen LogP contribution >= 0.6 is 66.1 Å². The van der Waals surface area contributed by atoms with Crippen molar-refractivity contribution in [3.63, 3.8) is 0 Å². The Balaban J connectivity index is 0.000000181. The zero-order valence-electron chi connectivity index (χ0n) is 61.9. The number of carboxylic acids is 3. The topological polar surface area (TPSA) is 317 Å². The molecule has 0 aliphatic carbocycles. The van der Waals surface area contributed by atoms with Crippen molar-refractivity contribution in [1.82, 2.24) is 50.2 Å². The van der Waals surface area contributed by atoms with E-state index in [1.807, 2.05) is 0 Å². The number of aryl methyl sites for hydroxylation is 1. The minimum atomic E-state index is -3.03. The highest BCUT2D eigenvalue weighted by molar-refractivity contribution is 9.10. The van der Waals surface area contributed by atoms with Crippen molar-refractivity contribution in [2.45, 2.75) is 134 Å².